The van der Waals surface area contributed by atoms with Gasteiger partial charge >= 0.3 is 0 Å². The fourth-order valence-electron chi connectivity index (χ4n) is 0.776. The summed E-state index contributed by atoms with van der Waals surface area (Å²) >= 11 is 0. The zero-order valence-corrected chi connectivity index (χ0v) is 7.40. The number of nitrogens with two attached hydrogens (primary N) is 1. The van der Waals surface area contributed by atoms with Crippen LogP contribution in [0.4, 0.5) is 0 Å². The minimum atomic E-state index is -0.192. The molecule has 0 fully saturated rings. The van der Waals surface area contributed by atoms with Crippen molar-refractivity contribution in [2.24, 2.45) is 5.73 Å². The van der Waals surface area contributed by atoms with Gasteiger partial charge in [0.05, 0.1) is 19.3 Å². The van der Waals surface area contributed by atoms with Gasteiger partial charge < -0.3 is 20.8 Å². The summed E-state index contributed by atoms with van der Waals surface area (Å²) in [5, 5.41) is 7.75. The first-order chi connectivity index (χ1) is 6.79. The van der Waals surface area contributed by atoms with E-state index in [0.29, 0.717) is 17.7 Å². The molecule has 0 aliphatic carbocycles. The lowest BCUT2D eigenvalue weighted by Crippen LogP contribution is -2.05. The van der Waals surface area contributed by atoms with E-state index in [1.807, 2.05) is 0 Å². The molecule has 2 aromatic rings. The number of aromatic amines is 2. The zero-order chi connectivity index (χ0) is 10.4. The third kappa shape index (κ3) is 2.38. The summed E-state index contributed by atoms with van der Waals surface area (Å²) < 4.78 is 0. The average molecular weight is 197 g/mol. The number of hydrogen-bond acceptors (Lipinski definition) is 5. The summed E-state index contributed by atoms with van der Waals surface area (Å²) in [6.45, 7) is 0.472. The number of fused-ring (bicyclic) bond motifs is 1. The van der Waals surface area contributed by atoms with E-state index in [1.54, 1.807) is 0 Å². The summed E-state index contributed by atoms with van der Waals surface area (Å²) in [6.07, 6.45) is 2.76. The predicted molar refractivity (Wildman–Crippen MR) is 50.6 cm³/mol. The maximum Gasteiger partial charge on any atom is 0.276 e. The zero-order valence-electron chi connectivity index (χ0n) is 7.40. The summed E-state index contributed by atoms with van der Waals surface area (Å²) in [7, 11) is 0. The van der Waals surface area contributed by atoms with E-state index in [1.165, 1.54) is 12.7 Å². The maximum absolute atomic E-state index is 10.9. The van der Waals surface area contributed by atoms with E-state index in [-0.39, 0.29) is 12.2 Å². The van der Waals surface area contributed by atoms with Crippen molar-refractivity contribution in [3.63, 3.8) is 0 Å². The lowest BCUT2D eigenvalue weighted by molar-refractivity contribution is 0.306. The average Bonchev–Trinajstić information content (AvgIpc) is 2.68. The molecular formula is C7H11N5O2. The van der Waals surface area contributed by atoms with E-state index in [0.717, 1.165) is 0 Å². The fraction of sp³-hybridized carbons (Fsp3) is 0.286. The van der Waals surface area contributed by atoms with Crippen LogP contribution in [0.2, 0.25) is 0 Å². The fourth-order valence-corrected chi connectivity index (χ4v) is 0.776. The number of hydrogen-bond donors (Lipinski definition) is 4. The number of nitrogens with zero attached hydrogens (tertiary/aromatic N) is 2. The molecule has 0 radical (unpaired) electrons. The van der Waals surface area contributed by atoms with Crippen LogP contribution in [0.3, 0.4) is 0 Å². The molecule has 0 amide bonds. The van der Waals surface area contributed by atoms with Gasteiger partial charge in [0, 0.05) is 6.54 Å². The number of rotatable bonds is 1. The largest absolute Gasteiger partial charge is 0.395 e. The molecular weight excluding hydrogens is 186 g/mol. The molecule has 0 atom stereocenters. The second-order valence-corrected chi connectivity index (χ2v) is 2.35. The van der Waals surface area contributed by atoms with E-state index in [2.05, 4.69) is 19.9 Å². The lowest BCUT2D eigenvalue weighted by Gasteiger charge is -1.81. The van der Waals surface area contributed by atoms with E-state index >= 15 is 0 Å². The van der Waals surface area contributed by atoms with Crippen molar-refractivity contribution < 1.29 is 5.11 Å². The van der Waals surface area contributed by atoms with Crippen molar-refractivity contribution >= 4 is 11.2 Å². The van der Waals surface area contributed by atoms with Crippen molar-refractivity contribution in [1.82, 2.24) is 19.9 Å². The Morgan fingerprint density at radius 2 is 1.93 bits per heavy atom. The number of aliphatic hydroxyl groups excluding tert-OH is 1. The quantitative estimate of drug-likeness (QED) is 0.447. The van der Waals surface area contributed by atoms with Gasteiger partial charge in [-0.2, -0.15) is 0 Å². The Bertz CT molecular complexity index is 433. The molecule has 14 heavy (non-hydrogen) atoms. The van der Waals surface area contributed by atoms with Crippen molar-refractivity contribution in [3.05, 3.63) is 23.0 Å². The highest BCUT2D eigenvalue weighted by molar-refractivity contribution is 5.67. The number of H-pyrrole nitrogens is 2. The minimum absolute atomic E-state index is 0.0972. The molecule has 0 aliphatic rings. The Balaban J connectivity index is 0.000000213. The van der Waals surface area contributed by atoms with Crippen LogP contribution in [0, 0.1) is 0 Å². The normalized spacial score (nSPS) is 9.57. The highest BCUT2D eigenvalue weighted by Crippen LogP contribution is 1.94. The molecule has 0 unspecified atom stereocenters. The second kappa shape index (κ2) is 5.10. The number of aromatic nitrogens is 4. The summed E-state index contributed by atoms with van der Waals surface area (Å²) in [6, 6.07) is 0. The van der Waals surface area contributed by atoms with Crippen molar-refractivity contribution in [3.8, 4) is 0 Å². The second-order valence-electron chi connectivity index (χ2n) is 2.35. The molecule has 0 spiro atoms. The minimum Gasteiger partial charge on any atom is -0.395 e. The van der Waals surface area contributed by atoms with Gasteiger partial charge in [-0.15, -0.1) is 0 Å². The van der Waals surface area contributed by atoms with E-state index in [9.17, 15) is 4.79 Å². The van der Waals surface area contributed by atoms with Crippen LogP contribution >= 0.6 is 0 Å². The van der Waals surface area contributed by atoms with Crippen molar-refractivity contribution in [1.29, 1.82) is 0 Å². The molecule has 5 N–H and O–H groups in total. The Morgan fingerprint density at radius 1 is 1.36 bits per heavy atom. The first kappa shape index (κ1) is 10.4. The Morgan fingerprint density at radius 3 is 2.43 bits per heavy atom. The highest BCUT2D eigenvalue weighted by atomic mass is 16.3. The van der Waals surface area contributed by atoms with E-state index < -0.39 is 0 Å². The monoisotopic (exact) mass is 197 g/mol. The van der Waals surface area contributed by atoms with Gasteiger partial charge in [-0.1, -0.05) is 0 Å². The third-order valence-corrected chi connectivity index (χ3v) is 1.36. The molecule has 0 aliphatic heterocycles. The Hall–Kier alpha value is -1.73. The number of imidazole rings is 1. The van der Waals surface area contributed by atoms with Gasteiger partial charge in [0.25, 0.3) is 5.56 Å². The molecule has 76 valence electrons. The molecule has 7 heteroatoms. The lowest BCUT2D eigenvalue weighted by atomic mass is 10.6. The van der Waals surface area contributed by atoms with Gasteiger partial charge in [-0.05, 0) is 0 Å². The standard InChI is InChI=1S/C5H4N4O.C2H7NO/c10-5-3-4(7-1-6-3)8-2-9-5;3-1-2-4/h1-2H,(H2,6,7,8,9,10);4H,1-3H2. The van der Waals surface area contributed by atoms with Gasteiger partial charge in [-0.3, -0.25) is 4.79 Å². The van der Waals surface area contributed by atoms with Gasteiger partial charge in [0.15, 0.2) is 11.2 Å². The summed E-state index contributed by atoms with van der Waals surface area (Å²) in [5.74, 6) is 0. The first-order valence-electron chi connectivity index (χ1n) is 3.97. The molecule has 0 aromatic carbocycles. The molecule has 0 saturated heterocycles. The van der Waals surface area contributed by atoms with Crippen LogP contribution < -0.4 is 11.3 Å². The highest BCUT2D eigenvalue weighted by Gasteiger charge is 1.97. The Kier molecular flexibility index (Phi) is 3.77. The van der Waals surface area contributed by atoms with Crippen LogP contribution in [-0.4, -0.2) is 38.2 Å². The Labute approximate surface area is 79.0 Å². The maximum atomic E-state index is 10.9. The van der Waals surface area contributed by atoms with Gasteiger partial charge in [0.2, 0.25) is 0 Å². The first-order valence-corrected chi connectivity index (χ1v) is 3.97. The molecule has 7 nitrogen and oxygen atoms in total. The van der Waals surface area contributed by atoms with Crippen LogP contribution in [0.1, 0.15) is 0 Å². The van der Waals surface area contributed by atoms with Crippen molar-refractivity contribution in [2.75, 3.05) is 13.2 Å². The van der Waals surface area contributed by atoms with Crippen molar-refractivity contribution in [2.45, 2.75) is 0 Å². The molecule has 2 heterocycles. The molecule has 0 bridgehead atoms. The number of aliphatic hydroxyl groups is 1. The summed E-state index contributed by atoms with van der Waals surface area (Å²) in [4.78, 5) is 23.6. The molecule has 2 aromatic heterocycles. The number of nitrogens with one attached hydrogen (secondary N) is 2. The van der Waals surface area contributed by atoms with E-state index in [4.69, 9.17) is 10.8 Å². The van der Waals surface area contributed by atoms with Gasteiger partial charge in [0.1, 0.15) is 0 Å². The smallest absolute Gasteiger partial charge is 0.276 e. The summed E-state index contributed by atoms with van der Waals surface area (Å²) in [5.41, 5.74) is 5.45. The van der Waals surface area contributed by atoms with Gasteiger partial charge in [-0.25, -0.2) is 9.97 Å². The SMILES string of the molecule is NCCO.O=c1[nH]cnc2nc[nH]c12. The topological polar surface area (TPSA) is 121 Å². The van der Waals surface area contributed by atoms with Crippen LogP contribution in [-0.2, 0) is 0 Å². The van der Waals surface area contributed by atoms with Crippen LogP contribution in [0.5, 0.6) is 0 Å². The molecule has 0 saturated carbocycles. The van der Waals surface area contributed by atoms with Crippen LogP contribution in [0.15, 0.2) is 17.4 Å². The van der Waals surface area contributed by atoms with Crippen LogP contribution in [0.25, 0.3) is 11.2 Å². The predicted octanol–water partition coefficient (Wildman–Crippen LogP) is -1.42. The third-order valence-electron chi connectivity index (χ3n) is 1.36. The molecule has 2 rings (SSSR count).